The molecule has 0 bridgehead atoms. The van der Waals surface area contributed by atoms with Crippen LogP contribution in [0.5, 0.6) is 5.75 Å². The number of carbonyl (C=O) groups is 1. The first-order valence-corrected chi connectivity index (χ1v) is 11.0. The van der Waals surface area contributed by atoms with Crippen LogP contribution in [0.3, 0.4) is 0 Å². The van der Waals surface area contributed by atoms with E-state index in [0.29, 0.717) is 43.4 Å². The molecule has 1 aromatic carbocycles. The Morgan fingerprint density at radius 3 is 2.65 bits per heavy atom. The van der Waals surface area contributed by atoms with Crippen molar-refractivity contribution in [1.29, 1.82) is 0 Å². The van der Waals surface area contributed by atoms with Crippen LogP contribution in [-0.4, -0.2) is 88.4 Å². The number of hydrogen-bond acceptors (Lipinski definition) is 9. The van der Waals surface area contributed by atoms with Crippen LogP contribution in [0, 0.1) is 5.82 Å². The number of ether oxygens (including phenoxy) is 2. The molecular weight excluding hydrogens is 441 g/mol. The lowest BCUT2D eigenvalue weighted by Crippen LogP contribution is -2.37. The molecule has 1 fully saturated rings. The summed E-state index contributed by atoms with van der Waals surface area (Å²) in [6.07, 6.45) is 2.34. The third-order valence-corrected chi connectivity index (χ3v) is 5.34. The number of methoxy groups -OCH3 is 1. The van der Waals surface area contributed by atoms with Gasteiger partial charge < -0.3 is 34.8 Å². The molecule has 184 valence electrons. The third kappa shape index (κ3) is 6.33. The summed E-state index contributed by atoms with van der Waals surface area (Å²) in [6.45, 7) is 7.19. The van der Waals surface area contributed by atoms with E-state index in [2.05, 4.69) is 32.1 Å². The highest BCUT2D eigenvalue weighted by atomic mass is 19.1. The fourth-order valence-electron chi connectivity index (χ4n) is 3.44. The Morgan fingerprint density at radius 1 is 1.26 bits per heavy atom. The van der Waals surface area contributed by atoms with Crippen molar-refractivity contribution in [2.75, 3.05) is 88.1 Å². The number of halogens is 1. The van der Waals surface area contributed by atoms with Gasteiger partial charge in [-0.05, 0) is 26.2 Å². The molecule has 2 aromatic rings. The number of aromatic nitrogens is 2. The zero-order valence-corrected chi connectivity index (χ0v) is 20.1. The second-order valence-corrected chi connectivity index (χ2v) is 8.08. The zero-order chi connectivity index (χ0) is 24.7. The number of nitrogens with zero attached hydrogens (tertiary/aromatic N) is 5. The van der Waals surface area contributed by atoms with Crippen LogP contribution in [0.25, 0.3) is 0 Å². The highest BCUT2D eigenvalue weighted by Crippen LogP contribution is 2.38. The SMILES string of the molecule is C=CC(=O)Nc1cc(Nc2ncc(F)c(N3CCOCC3)n2)c(OC)cc1N(C)CCN(C)C. The van der Waals surface area contributed by atoms with Gasteiger partial charge in [-0.15, -0.1) is 0 Å². The lowest BCUT2D eigenvalue weighted by molar-refractivity contribution is -0.111. The van der Waals surface area contributed by atoms with E-state index in [0.717, 1.165) is 25.0 Å². The fourth-order valence-corrected chi connectivity index (χ4v) is 3.44. The zero-order valence-electron chi connectivity index (χ0n) is 20.1. The van der Waals surface area contributed by atoms with Gasteiger partial charge in [0.25, 0.3) is 0 Å². The van der Waals surface area contributed by atoms with E-state index in [9.17, 15) is 9.18 Å². The van der Waals surface area contributed by atoms with Crippen LogP contribution >= 0.6 is 0 Å². The minimum atomic E-state index is -0.504. The molecule has 0 atom stereocenters. The predicted octanol–water partition coefficient (Wildman–Crippen LogP) is 2.33. The summed E-state index contributed by atoms with van der Waals surface area (Å²) >= 11 is 0. The number of carbonyl (C=O) groups excluding carboxylic acids is 1. The first-order chi connectivity index (χ1) is 16.3. The molecule has 2 heterocycles. The highest BCUT2D eigenvalue weighted by Gasteiger charge is 2.20. The second-order valence-electron chi connectivity index (χ2n) is 8.08. The molecule has 1 aromatic heterocycles. The quantitative estimate of drug-likeness (QED) is 0.504. The molecular formula is C23H32FN7O3. The second kappa shape index (κ2) is 11.6. The molecule has 0 radical (unpaired) electrons. The predicted molar refractivity (Wildman–Crippen MR) is 132 cm³/mol. The summed E-state index contributed by atoms with van der Waals surface area (Å²) in [7, 11) is 7.48. The topological polar surface area (TPSA) is 95.1 Å². The maximum atomic E-state index is 14.4. The number of rotatable bonds is 10. The number of morpholine rings is 1. The maximum absolute atomic E-state index is 14.4. The van der Waals surface area contributed by atoms with Gasteiger partial charge in [0.1, 0.15) is 5.75 Å². The number of anilines is 5. The number of nitrogens with one attached hydrogen (secondary N) is 2. The molecule has 1 aliphatic rings. The molecule has 10 nitrogen and oxygen atoms in total. The van der Waals surface area contributed by atoms with Crippen LogP contribution < -0.4 is 25.2 Å². The van der Waals surface area contributed by atoms with Gasteiger partial charge in [-0.3, -0.25) is 4.79 Å². The van der Waals surface area contributed by atoms with Gasteiger partial charge in [0.2, 0.25) is 11.9 Å². The number of hydrogen-bond donors (Lipinski definition) is 2. The van der Waals surface area contributed by atoms with Crippen molar-refractivity contribution in [3.63, 3.8) is 0 Å². The van der Waals surface area contributed by atoms with Crippen LogP contribution in [0.15, 0.2) is 31.0 Å². The van der Waals surface area contributed by atoms with Gasteiger partial charge in [0.15, 0.2) is 11.6 Å². The molecule has 0 aliphatic carbocycles. The van der Waals surface area contributed by atoms with E-state index in [1.807, 2.05) is 37.0 Å². The highest BCUT2D eigenvalue weighted by molar-refractivity contribution is 6.02. The minimum absolute atomic E-state index is 0.205. The fraction of sp³-hybridized carbons (Fsp3) is 0.435. The average molecular weight is 474 g/mol. The summed E-state index contributed by atoms with van der Waals surface area (Å²) in [4.78, 5) is 26.5. The number of likely N-dealkylation sites (N-methyl/N-ethyl adjacent to an activating group) is 2. The molecule has 34 heavy (non-hydrogen) atoms. The van der Waals surface area contributed by atoms with E-state index < -0.39 is 5.82 Å². The van der Waals surface area contributed by atoms with Gasteiger partial charge >= 0.3 is 0 Å². The van der Waals surface area contributed by atoms with Gasteiger partial charge in [-0.2, -0.15) is 4.98 Å². The summed E-state index contributed by atoms with van der Waals surface area (Å²) in [5.41, 5.74) is 1.85. The van der Waals surface area contributed by atoms with Crippen molar-refractivity contribution < 1.29 is 18.7 Å². The van der Waals surface area contributed by atoms with Crippen LogP contribution in [0.2, 0.25) is 0 Å². The first kappa shape index (κ1) is 25.2. The van der Waals surface area contributed by atoms with Gasteiger partial charge in [-0.1, -0.05) is 6.58 Å². The van der Waals surface area contributed by atoms with Gasteiger partial charge in [0, 0.05) is 39.3 Å². The minimum Gasteiger partial charge on any atom is -0.494 e. The summed E-state index contributed by atoms with van der Waals surface area (Å²) in [5.74, 6) is 0.0854. The summed E-state index contributed by atoms with van der Waals surface area (Å²) in [6, 6.07) is 3.56. The van der Waals surface area contributed by atoms with E-state index in [-0.39, 0.29) is 17.7 Å². The van der Waals surface area contributed by atoms with E-state index in [1.165, 1.54) is 6.08 Å². The van der Waals surface area contributed by atoms with Crippen molar-refractivity contribution in [1.82, 2.24) is 14.9 Å². The Hall–Kier alpha value is -3.44. The molecule has 1 saturated heterocycles. The lowest BCUT2D eigenvalue weighted by atomic mass is 10.2. The lowest BCUT2D eigenvalue weighted by Gasteiger charge is -2.28. The molecule has 1 aliphatic heterocycles. The maximum Gasteiger partial charge on any atom is 0.247 e. The molecule has 11 heteroatoms. The van der Waals surface area contributed by atoms with E-state index in [4.69, 9.17) is 9.47 Å². The molecule has 0 saturated carbocycles. The van der Waals surface area contributed by atoms with Crippen LogP contribution in [0.1, 0.15) is 0 Å². The Kier molecular flexibility index (Phi) is 8.61. The Bertz CT molecular complexity index is 1010. The molecule has 0 unspecified atom stereocenters. The third-order valence-electron chi connectivity index (χ3n) is 5.34. The first-order valence-electron chi connectivity index (χ1n) is 11.0. The van der Waals surface area contributed by atoms with Crippen LogP contribution in [-0.2, 0) is 9.53 Å². The summed E-state index contributed by atoms with van der Waals surface area (Å²) < 4.78 is 25.4. The largest absolute Gasteiger partial charge is 0.494 e. The van der Waals surface area contributed by atoms with Gasteiger partial charge in [-0.25, -0.2) is 9.37 Å². The van der Waals surface area contributed by atoms with Crippen molar-refractivity contribution in [3.05, 3.63) is 36.8 Å². The van der Waals surface area contributed by atoms with Crippen molar-refractivity contribution in [3.8, 4) is 5.75 Å². The Labute approximate surface area is 199 Å². The van der Waals surface area contributed by atoms with Gasteiger partial charge in [0.05, 0.1) is 43.6 Å². The molecule has 3 rings (SSSR count). The molecule has 0 spiro atoms. The summed E-state index contributed by atoms with van der Waals surface area (Å²) in [5, 5.41) is 5.95. The van der Waals surface area contributed by atoms with Crippen molar-refractivity contribution in [2.24, 2.45) is 0 Å². The Balaban J connectivity index is 1.95. The van der Waals surface area contributed by atoms with E-state index in [1.54, 1.807) is 13.2 Å². The molecule has 2 N–H and O–H groups in total. The Morgan fingerprint density at radius 2 is 2.00 bits per heavy atom. The van der Waals surface area contributed by atoms with Crippen molar-refractivity contribution >= 4 is 34.7 Å². The average Bonchev–Trinajstić information content (AvgIpc) is 2.84. The van der Waals surface area contributed by atoms with E-state index >= 15 is 0 Å². The monoisotopic (exact) mass is 473 g/mol. The smallest absolute Gasteiger partial charge is 0.247 e. The normalized spacial score (nSPS) is 13.5. The van der Waals surface area contributed by atoms with Crippen LogP contribution in [0.4, 0.5) is 33.2 Å². The van der Waals surface area contributed by atoms with Crippen molar-refractivity contribution in [2.45, 2.75) is 0 Å². The number of amides is 1. The standard InChI is InChI=1S/C23H32FN7O3/c1-6-21(32)26-17-13-18(20(33-5)14-19(17)30(4)8-7-29(2)3)27-23-25-15-16(24)22(28-23)31-9-11-34-12-10-31/h6,13-15H,1,7-12H2,2-5H3,(H,26,32)(H,25,27,28). The molecule has 1 amide bonds. The number of benzene rings is 1.